The predicted molar refractivity (Wildman–Crippen MR) is 112 cm³/mol. The largest absolute Gasteiger partial charge is 0.318 e. The van der Waals surface area contributed by atoms with E-state index in [-0.39, 0.29) is 5.69 Å². The Morgan fingerprint density at radius 3 is 2.54 bits per heavy atom. The molecule has 0 saturated heterocycles. The quantitative estimate of drug-likeness (QED) is 0.251. The molecule has 1 N–H and O–H groups in total. The summed E-state index contributed by atoms with van der Waals surface area (Å²) in [5, 5.41) is 14.9. The van der Waals surface area contributed by atoms with Crippen molar-refractivity contribution < 1.29 is 4.92 Å². The number of non-ortho nitro benzene ring substituents is 1. The van der Waals surface area contributed by atoms with Crippen LogP contribution in [0.25, 0.3) is 5.69 Å². The maximum atomic E-state index is 10.7. The van der Waals surface area contributed by atoms with Crippen LogP contribution in [0.1, 0.15) is 17.0 Å². The molecule has 1 aromatic heterocycles. The normalized spacial score (nSPS) is 11.0. The fourth-order valence-electron chi connectivity index (χ4n) is 2.76. The van der Waals surface area contributed by atoms with E-state index in [2.05, 4.69) is 75.8 Å². The lowest BCUT2D eigenvalue weighted by molar-refractivity contribution is -0.384. The van der Waals surface area contributed by atoms with Crippen molar-refractivity contribution in [2.45, 2.75) is 13.8 Å². The molecule has 0 saturated carbocycles. The Kier molecular flexibility index (Phi) is 5.36. The van der Waals surface area contributed by atoms with Gasteiger partial charge in [0.05, 0.1) is 16.8 Å². The molecule has 0 radical (unpaired) electrons. The van der Waals surface area contributed by atoms with Crippen molar-refractivity contribution in [3.8, 4) is 5.69 Å². The number of nitro groups is 1. The zero-order valence-corrected chi connectivity index (χ0v) is 16.5. The Bertz CT molecular complexity index is 978. The molecule has 0 aliphatic rings. The lowest BCUT2D eigenvalue weighted by Crippen LogP contribution is -2.00. The second-order valence-electron chi connectivity index (χ2n) is 5.82. The van der Waals surface area contributed by atoms with Crippen molar-refractivity contribution in [3.63, 3.8) is 0 Å². The second kappa shape index (κ2) is 7.69. The van der Waals surface area contributed by atoms with E-state index in [4.69, 9.17) is 0 Å². The molecule has 3 rings (SSSR count). The topological polar surface area (TPSA) is 72.5 Å². The van der Waals surface area contributed by atoms with E-state index < -0.39 is 4.92 Å². The number of aryl methyl sites for hydroxylation is 1. The predicted octanol–water partition coefficient (Wildman–Crippen LogP) is 5.05. The van der Waals surface area contributed by atoms with Crippen LogP contribution in [-0.4, -0.2) is 15.7 Å². The van der Waals surface area contributed by atoms with Crippen LogP contribution in [0.5, 0.6) is 0 Å². The third-order valence-corrected chi connectivity index (χ3v) is 4.68. The summed E-state index contributed by atoms with van der Waals surface area (Å²) in [5.74, 6) is 0. The second-order valence-corrected chi connectivity index (χ2v) is 7.06. The Balaban J connectivity index is 1.79. The zero-order valence-electron chi connectivity index (χ0n) is 14.3. The summed E-state index contributed by atoms with van der Waals surface area (Å²) in [6.45, 7) is 4.12. The number of hydrazone groups is 1. The highest BCUT2D eigenvalue weighted by atomic mass is 127. The average Bonchev–Trinajstić information content (AvgIpc) is 2.89. The van der Waals surface area contributed by atoms with Gasteiger partial charge in [0, 0.05) is 38.3 Å². The lowest BCUT2D eigenvalue weighted by atomic mass is 10.2. The molecule has 0 bridgehead atoms. The first-order valence-electron chi connectivity index (χ1n) is 7.94. The molecule has 0 unspecified atom stereocenters. The number of hydrogen-bond donors (Lipinski definition) is 1. The van der Waals surface area contributed by atoms with Crippen LogP contribution >= 0.6 is 22.6 Å². The molecule has 26 heavy (non-hydrogen) atoms. The third-order valence-electron chi connectivity index (χ3n) is 4.01. The van der Waals surface area contributed by atoms with Crippen LogP contribution < -0.4 is 5.43 Å². The van der Waals surface area contributed by atoms with E-state index in [0.29, 0.717) is 5.69 Å². The number of hydrogen-bond acceptors (Lipinski definition) is 4. The number of nitrogens with one attached hydrogen (secondary N) is 1. The van der Waals surface area contributed by atoms with E-state index in [1.165, 1.54) is 15.7 Å². The minimum absolute atomic E-state index is 0.0561. The number of rotatable bonds is 5. The first-order valence-corrected chi connectivity index (χ1v) is 9.02. The van der Waals surface area contributed by atoms with Gasteiger partial charge in [-0.2, -0.15) is 5.10 Å². The SMILES string of the molecule is Cc1cc(/C=N/Nc2ccc([N+](=O)[O-])cc2)c(C)n1-c1cccc(I)c1. The summed E-state index contributed by atoms with van der Waals surface area (Å²) < 4.78 is 3.37. The van der Waals surface area contributed by atoms with Gasteiger partial charge in [0.2, 0.25) is 0 Å². The van der Waals surface area contributed by atoms with Crippen molar-refractivity contribution >= 4 is 40.2 Å². The average molecular weight is 460 g/mol. The van der Waals surface area contributed by atoms with E-state index in [9.17, 15) is 10.1 Å². The van der Waals surface area contributed by atoms with Crippen molar-refractivity contribution in [2.75, 3.05) is 5.43 Å². The Morgan fingerprint density at radius 2 is 1.88 bits per heavy atom. The molecule has 0 spiro atoms. The first-order chi connectivity index (χ1) is 12.5. The van der Waals surface area contributed by atoms with E-state index >= 15 is 0 Å². The summed E-state index contributed by atoms with van der Waals surface area (Å²) in [4.78, 5) is 10.2. The van der Waals surface area contributed by atoms with Gasteiger partial charge < -0.3 is 4.57 Å². The van der Waals surface area contributed by atoms with E-state index in [1.54, 1.807) is 18.3 Å². The van der Waals surface area contributed by atoms with Gasteiger partial charge in [-0.25, -0.2) is 0 Å². The van der Waals surface area contributed by atoms with Gasteiger partial charge in [-0.3, -0.25) is 15.5 Å². The Labute approximate surface area is 164 Å². The van der Waals surface area contributed by atoms with Crippen molar-refractivity contribution in [1.82, 2.24) is 4.57 Å². The fourth-order valence-corrected chi connectivity index (χ4v) is 3.29. The third kappa shape index (κ3) is 3.93. The van der Waals surface area contributed by atoms with E-state index in [0.717, 1.165) is 22.6 Å². The molecule has 0 fully saturated rings. The van der Waals surface area contributed by atoms with Crippen LogP contribution in [-0.2, 0) is 0 Å². The van der Waals surface area contributed by atoms with Gasteiger partial charge in [-0.1, -0.05) is 6.07 Å². The highest BCUT2D eigenvalue weighted by Crippen LogP contribution is 2.21. The Morgan fingerprint density at radius 1 is 1.15 bits per heavy atom. The highest BCUT2D eigenvalue weighted by molar-refractivity contribution is 14.1. The van der Waals surface area contributed by atoms with Gasteiger partial charge in [-0.15, -0.1) is 0 Å². The van der Waals surface area contributed by atoms with Gasteiger partial charge in [0.1, 0.15) is 0 Å². The van der Waals surface area contributed by atoms with Crippen molar-refractivity contribution in [3.05, 3.63) is 85.2 Å². The molecule has 2 aromatic carbocycles. The van der Waals surface area contributed by atoms with Gasteiger partial charge in [-0.05, 0) is 72.8 Å². The molecule has 0 atom stereocenters. The Hall–Kier alpha value is -2.68. The van der Waals surface area contributed by atoms with E-state index in [1.807, 2.05) is 6.07 Å². The van der Waals surface area contributed by atoms with Gasteiger partial charge in [0.15, 0.2) is 0 Å². The standard InChI is InChI=1S/C19H17IN4O2/c1-13-10-15(14(2)23(13)19-5-3-4-16(20)11-19)12-21-22-17-6-8-18(9-7-17)24(25)26/h3-12,22H,1-2H3/b21-12+. The zero-order chi connectivity index (χ0) is 18.7. The molecular weight excluding hydrogens is 443 g/mol. The smallest absolute Gasteiger partial charge is 0.269 e. The summed E-state index contributed by atoms with van der Waals surface area (Å²) >= 11 is 2.31. The number of benzene rings is 2. The monoisotopic (exact) mass is 460 g/mol. The summed E-state index contributed by atoms with van der Waals surface area (Å²) in [5.41, 5.74) is 8.00. The molecule has 0 aliphatic heterocycles. The number of nitro benzene ring substituents is 1. The molecular formula is C19H17IN4O2. The molecule has 1 heterocycles. The first kappa shape index (κ1) is 18.1. The van der Waals surface area contributed by atoms with Gasteiger partial charge >= 0.3 is 0 Å². The number of aromatic nitrogens is 1. The molecule has 7 heteroatoms. The van der Waals surface area contributed by atoms with Crippen LogP contribution in [0, 0.1) is 27.5 Å². The minimum atomic E-state index is -0.424. The van der Waals surface area contributed by atoms with Gasteiger partial charge in [0.25, 0.3) is 5.69 Å². The van der Waals surface area contributed by atoms with Crippen LogP contribution in [0.2, 0.25) is 0 Å². The van der Waals surface area contributed by atoms with Crippen LogP contribution in [0.4, 0.5) is 11.4 Å². The molecule has 0 aliphatic carbocycles. The highest BCUT2D eigenvalue weighted by Gasteiger charge is 2.09. The number of halogens is 1. The molecule has 0 amide bonds. The summed E-state index contributed by atoms with van der Waals surface area (Å²) in [6.07, 6.45) is 1.76. The summed E-state index contributed by atoms with van der Waals surface area (Å²) in [7, 11) is 0. The summed E-state index contributed by atoms with van der Waals surface area (Å²) in [6, 6.07) is 16.6. The van der Waals surface area contributed by atoms with Crippen molar-refractivity contribution in [2.24, 2.45) is 5.10 Å². The minimum Gasteiger partial charge on any atom is -0.318 e. The molecule has 6 nitrogen and oxygen atoms in total. The van der Waals surface area contributed by atoms with Crippen LogP contribution in [0.15, 0.2) is 59.7 Å². The number of anilines is 1. The molecule has 132 valence electrons. The van der Waals surface area contributed by atoms with Crippen molar-refractivity contribution in [1.29, 1.82) is 0 Å². The number of nitrogens with zero attached hydrogens (tertiary/aromatic N) is 3. The molecule has 3 aromatic rings. The lowest BCUT2D eigenvalue weighted by Gasteiger charge is -2.09. The maximum absolute atomic E-state index is 10.7. The maximum Gasteiger partial charge on any atom is 0.269 e. The fraction of sp³-hybridized carbons (Fsp3) is 0.105. The van der Waals surface area contributed by atoms with Crippen LogP contribution in [0.3, 0.4) is 0 Å².